The van der Waals surface area contributed by atoms with Crippen LogP contribution in [0, 0.1) is 0 Å². The van der Waals surface area contributed by atoms with Crippen molar-refractivity contribution in [2.24, 2.45) is 5.73 Å². The predicted octanol–water partition coefficient (Wildman–Crippen LogP) is 2.64. The van der Waals surface area contributed by atoms with E-state index in [4.69, 9.17) is 10.5 Å². The minimum atomic E-state index is -4.37. The lowest BCUT2D eigenvalue weighted by Crippen LogP contribution is -2.47. The Hall–Kier alpha value is -1.34. The Labute approximate surface area is 122 Å². The molecule has 0 saturated carbocycles. The minimum absolute atomic E-state index is 0.0189. The number of rotatable bonds is 4. The Morgan fingerprint density at radius 3 is 2.52 bits per heavy atom. The van der Waals surface area contributed by atoms with E-state index in [0.29, 0.717) is 0 Å². The van der Waals surface area contributed by atoms with Gasteiger partial charge in [-0.3, -0.25) is 4.90 Å². The third-order valence-corrected chi connectivity index (χ3v) is 3.71. The quantitative estimate of drug-likeness (QED) is 0.929. The van der Waals surface area contributed by atoms with Crippen molar-refractivity contribution in [2.75, 3.05) is 13.1 Å². The molecule has 7 heteroatoms. The second kappa shape index (κ2) is 6.62. The number of alkyl halides is 3. The summed E-state index contributed by atoms with van der Waals surface area (Å²) < 4.78 is 42.9. The van der Waals surface area contributed by atoms with E-state index in [-0.39, 0.29) is 18.1 Å². The van der Waals surface area contributed by atoms with Crippen molar-refractivity contribution in [3.8, 4) is 5.88 Å². The maximum Gasteiger partial charge on any atom is 0.417 e. The Morgan fingerprint density at radius 1 is 1.38 bits per heavy atom. The third kappa shape index (κ3) is 4.31. The van der Waals surface area contributed by atoms with Gasteiger partial charge in [0.15, 0.2) is 0 Å². The molecule has 1 aliphatic heterocycles. The smallest absolute Gasteiger partial charge is 0.417 e. The number of nitrogens with two attached hydrogens (primary N) is 1. The molecule has 1 atom stereocenters. The third-order valence-electron chi connectivity index (χ3n) is 3.71. The van der Waals surface area contributed by atoms with E-state index >= 15 is 0 Å². The Bertz CT molecular complexity index is 442. The van der Waals surface area contributed by atoms with Crippen molar-refractivity contribution in [3.05, 3.63) is 23.9 Å². The van der Waals surface area contributed by atoms with E-state index in [1.165, 1.54) is 6.07 Å². The van der Waals surface area contributed by atoms with Gasteiger partial charge in [0, 0.05) is 25.4 Å². The first-order valence-corrected chi connectivity index (χ1v) is 7.09. The fourth-order valence-electron chi connectivity index (χ4n) is 2.37. The van der Waals surface area contributed by atoms with Crippen molar-refractivity contribution >= 4 is 0 Å². The van der Waals surface area contributed by atoms with E-state index in [0.717, 1.165) is 44.6 Å². The number of piperidine rings is 1. The van der Waals surface area contributed by atoms with Gasteiger partial charge in [0.2, 0.25) is 5.88 Å². The summed E-state index contributed by atoms with van der Waals surface area (Å²) in [5.74, 6) is 0.237. The summed E-state index contributed by atoms with van der Waals surface area (Å²) in [5.41, 5.74) is 5.20. The van der Waals surface area contributed by atoms with Crippen LogP contribution >= 0.6 is 0 Å². The summed E-state index contributed by atoms with van der Waals surface area (Å²) >= 11 is 0. The SMILES string of the molecule is CCC(N)N1CCC(Oc2ccc(C(F)(F)F)cn2)CC1. The lowest BCUT2D eigenvalue weighted by atomic mass is 10.1. The zero-order chi connectivity index (χ0) is 15.5. The number of pyridine rings is 1. The minimum Gasteiger partial charge on any atom is -0.474 e. The molecule has 1 fully saturated rings. The lowest BCUT2D eigenvalue weighted by molar-refractivity contribution is -0.137. The van der Waals surface area contributed by atoms with Gasteiger partial charge in [-0.15, -0.1) is 0 Å². The molecule has 0 bridgehead atoms. The van der Waals surface area contributed by atoms with Crippen molar-refractivity contribution in [1.29, 1.82) is 0 Å². The summed E-state index contributed by atoms with van der Waals surface area (Å²) in [6.45, 7) is 3.71. The fraction of sp³-hybridized carbons (Fsp3) is 0.643. The molecule has 0 radical (unpaired) electrons. The van der Waals surface area contributed by atoms with Gasteiger partial charge in [-0.05, 0) is 25.3 Å². The van der Waals surface area contributed by atoms with Gasteiger partial charge in [-0.2, -0.15) is 13.2 Å². The van der Waals surface area contributed by atoms with E-state index < -0.39 is 11.7 Å². The first-order chi connectivity index (χ1) is 9.90. The molecule has 4 nitrogen and oxygen atoms in total. The molecular weight excluding hydrogens is 283 g/mol. The van der Waals surface area contributed by atoms with Gasteiger partial charge < -0.3 is 10.5 Å². The first-order valence-electron chi connectivity index (χ1n) is 7.09. The number of hydrogen-bond donors (Lipinski definition) is 1. The van der Waals surface area contributed by atoms with Crippen LogP contribution in [0.25, 0.3) is 0 Å². The molecule has 118 valence electrons. The fourth-order valence-corrected chi connectivity index (χ4v) is 2.37. The molecule has 1 aromatic heterocycles. The molecule has 0 amide bonds. The second-order valence-electron chi connectivity index (χ2n) is 5.21. The summed E-state index contributed by atoms with van der Waals surface area (Å²) in [6, 6.07) is 2.26. The lowest BCUT2D eigenvalue weighted by Gasteiger charge is -2.35. The van der Waals surface area contributed by atoms with Crippen LogP contribution < -0.4 is 10.5 Å². The standard InChI is InChI=1S/C14H20F3N3O/c1-2-12(18)20-7-5-11(6-8-20)21-13-4-3-10(9-19-13)14(15,16)17/h3-4,9,11-12H,2,5-8,18H2,1H3. The highest BCUT2D eigenvalue weighted by Gasteiger charge is 2.31. The van der Waals surface area contributed by atoms with Crippen LogP contribution in [0.3, 0.4) is 0 Å². The summed E-state index contributed by atoms with van der Waals surface area (Å²) in [5, 5.41) is 0. The highest BCUT2D eigenvalue weighted by molar-refractivity contribution is 5.20. The molecule has 1 aliphatic rings. The topological polar surface area (TPSA) is 51.4 Å². The average molecular weight is 303 g/mol. The van der Waals surface area contributed by atoms with Gasteiger partial charge in [0.25, 0.3) is 0 Å². The number of likely N-dealkylation sites (tertiary alicyclic amines) is 1. The van der Waals surface area contributed by atoms with Crippen LogP contribution in [0.5, 0.6) is 5.88 Å². The number of halogens is 3. The number of nitrogens with zero attached hydrogens (tertiary/aromatic N) is 2. The first kappa shape index (κ1) is 16.0. The van der Waals surface area contributed by atoms with E-state index in [2.05, 4.69) is 9.88 Å². The molecule has 0 aromatic carbocycles. The van der Waals surface area contributed by atoms with Crippen LogP contribution in [0.1, 0.15) is 31.7 Å². The van der Waals surface area contributed by atoms with Crippen LogP contribution in [-0.4, -0.2) is 35.2 Å². The Balaban J connectivity index is 1.86. The van der Waals surface area contributed by atoms with Crippen LogP contribution in [0.15, 0.2) is 18.3 Å². The largest absolute Gasteiger partial charge is 0.474 e. The summed E-state index contributed by atoms with van der Waals surface area (Å²) in [7, 11) is 0. The average Bonchev–Trinajstić information content (AvgIpc) is 2.47. The van der Waals surface area contributed by atoms with Crippen LogP contribution in [-0.2, 0) is 6.18 Å². The van der Waals surface area contributed by atoms with E-state index in [1.807, 2.05) is 6.92 Å². The van der Waals surface area contributed by atoms with Crippen molar-refractivity contribution in [1.82, 2.24) is 9.88 Å². The van der Waals surface area contributed by atoms with Crippen molar-refractivity contribution in [3.63, 3.8) is 0 Å². The van der Waals surface area contributed by atoms with E-state index in [1.54, 1.807) is 0 Å². The van der Waals surface area contributed by atoms with Gasteiger partial charge >= 0.3 is 6.18 Å². The number of hydrogen-bond acceptors (Lipinski definition) is 4. The zero-order valence-corrected chi connectivity index (χ0v) is 11.9. The predicted molar refractivity (Wildman–Crippen MR) is 72.7 cm³/mol. The van der Waals surface area contributed by atoms with Gasteiger partial charge in [-0.1, -0.05) is 6.92 Å². The molecular formula is C14H20F3N3O. The molecule has 2 heterocycles. The molecule has 2 rings (SSSR count). The van der Waals surface area contributed by atoms with Crippen molar-refractivity contribution < 1.29 is 17.9 Å². The molecule has 21 heavy (non-hydrogen) atoms. The van der Waals surface area contributed by atoms with Crippen LogP contribution in [0.2, 0.25) is 0 Å². The van der Waals surface area contributed by atoms with Gasteiger partial charge in [-0.25, -0.2) is 4.98 Å². The normalized spacial score (nSPS) is 19.5. The molecule has 1 saturated heterocycles. The molecule has 0 aliphatic carbocycles. The number of ether oxygens (including phenoxy) is 1. The van der Waals surface area contributed by atoms with Crippen molar-refractivity contribution in [2.45, 2.75) is 44.6 Å². The number of aromatic nitrogens is 1. The maximum absolute atomic E-state index is 12.4. The molecule has 1 unspecified atom stereocenters. The van der Waals surface area contributed by atoms with Crippen LogP contribution in [0.4, 0.5) is 13.2 Å². The monoisotopic (exact) mass is 303 g/mol. The Morgan fingerprint density at radius 2 is 2.05 bits per heavy atom. The molecule has 0 spiro atoms. The molecule has 2 N–H and O–H groups in total. The van der Waals surface area contributed by atoms with Gasteiger partial charge in [0.05, 0.1) is 11.7 Å². The Kier molecular flexibility index (Phi) is 5.05. The second-order valence-corrected chi connectivity index (χ2v) is 5.21. The van der Waals surface area contributed by atoms with E-state index in [9.17, 15) is 13.2 Å². The summed E-state index contributed by atoms with van der Waals surface area (Å²) in [4.78, 5) is 5.92. The summed E-state index contributed by atoms with van der Waals surface area (Å²) in [6.07, 6.45) is -1.02. The van der Waals surface area contributed by atoms with Gasteiger partial charge in [0.1, 0.15) is 6.10 Å². The maximum atomic E-state index is 12.4. The highest BCUT2D eigenvalue weighted by atomic mass is 19.4. The molecule has 1 aromatic rings. The highest BCUT2D eigenvalue weighted by Crippen LogP contribution is 2.29. The zero-order valence-electron chi connectivity index (χ0n) is 11.9.